The summed E-state index contributed by atoms with van der Waals surface area (Å²) in [7, 11) is 0. The molecule has 5 nitrogen and oxygen atoms in total. The summed E-state index contributed by atoms with van der Waals surface area (Å²) in [6.07, 6.45) is 0. The van der Waals surface area contributed by atoms with Gasteiger partial charge in [-0.3, -0.25) is 14.8 Å². The Labute approximate surface area is 159 Å². The molecule has 27 heavy (non-hydrogen) atoms. The van der Waals surface area contributed by atoms with Crippen LogP contribution < -0.4 is 0 Å². The highest BCUT2D eigenvalue weighted by atomic mass is 16.2. The Morgan fingerprint density at radius 3 is 2.67 bits per heavy atom. The van der Waals surface area contributed by atoms with E-state index in [1.807, 2.05) is 18.2 Å². The molecule has 0 unspecified atom stereocenters. The van der Waals surface area contributed by atoms with E-state index in [9.17, 15) is 4.79 Å². The fourth-order valence-corrected chi connectivity index (χ4v) is 5.03. The molecule has 0 aliphatic carbocycles. The fraction of sp³-hybridized carbons (Fsp3) is 0.364. The summed E-state index contributed by atoms with van der Waals surface area (Å²) in [6, 6.07) is 19.0. The quantitative estimate of drug-likeness (QED) is 0.780. The molecular formula is C22H24N4O. The van der Waals surface area contributed by atoms with Crippen LogP contribution in [0, 0.1) is 11.8 Å². The van der Waals surface area contributed by atoms with Gasteiger partial charge in [-0.05, 0) is 17.5 Å². The fourth-order valence-electron chi connectivity index (χ4n) is 5.03. The Hall–Kier alpha value is -2.66. The van der Waals surface area contributed by atoms with Crippen molar-refractivity contribution in [1.29, 1.82) is 0 Å². The number of amides is 1. The summed E-state index contributed by atoms with van der Waals surface area (Å²) in [4.78, 5) is 16.8. The monoisotopic (exact) mass is 360 g/mol. The highest BCUT2D eigenvalue weighted by Gasteiger charge is 2.48. The zero-order chi connectivity index (χ0) is 18.4. The lowest BCUT2D eigenvalue weighted by Gasteiger charge is -2.29. The number of aromatic nitrogens is 2. The van der Waals surface area contributed by atoms with Crippen LogP contribution in [-0.2, 0) is 11.3 Å². The third kappa shape index (κ3) is 2.82. The molecule has 138 valence electrons. The second-order valence-electron chi connectivity index (χ2n) is 7.86. The van der Waals surface area contributed by atoms with E-state index in [1.54, 1.807) is 6.92 Å². The van der Waals surface area contributed by atoms with Crippen LogP contribution in [0.2, 0.25) is 0 Å². The van der Waals surface area contributed by atoms with Gasteiger partial charge in [0.15, 0.2) is 0 Å². The predicted molar refractivity (Wildman–Crippen MR) is 105 cm³/mol. The van der Waals surface area contributed by atoms with Crippen molar-refractivity contribution < 1.29 is 4.79 Å². The van der Waals surface area contributed by atoms with Gasteiger partial charge in [-0.25, -0.2) is 0 Å². The minimum Gasteiger partial charge on any atom is -0.335 e. The van der Waals surface area contributed by atoms with Crippen molar-refractivity contribution in [2.75, 3.05) is 19.6 Å². The number of rotatable bonds is 3. The molecule has 1 amide bonds. The minimum absolute atomic E-state index is 0.185. The van der Waals surface area contributed by atoms with E-state index in [2.05, 4.69) is 56.4 Å². The van der Waals surface area contributed by atoms with Gasteiger partial charge < -0.3 is 4.90 Å². The molecule has 2 aromatic carbocycles. The predicted octanol–water partition coefficient (Wildman–Crippen LogP) is 3.21. The summed E-state index contributed by atoms with van der Waals surface area (Å²) < 4.78 is 0. The average Bonchev–Trinajstić information content (AvgIpc) is 3.35. The maximum atomic E-state index is 12.2. The number of hydrogen-bond acceptors (Lipinski definition) is 3. The molecule has 5 heteroatoms. The largest absolute Gasteiger partial charge is 0.335 e. The first-order valence-electron chi connectivity index (χ1n) is 9.67. The van der Waals surface area contributed by atoms with E-state index in [4.69, 9.17) is 0 Å². The number of fused-ring (bicyclic) bond motifs is 2. The molecule has 3 atom stereocenters. The van der Waals surface area contributed by atoms with E-state index < -0.39 is 0 Å². The van der Waals surface area contributed by atoms with Gasteiger partial charge in [0.1, 0.15) is 0 Å². The lowest BCUT2D eigenvalue weighted by atomic mass is 9.89. The van der Waals surface area contributed by atoms with Crippen molar-refractivity contribution in [3.8, 4) is 0 Å². The van der Waals surface area contributed by atoms with Crippen LogP contribution in [-0.4, -0.2) is 45.5 Å². The number of likely N-dealkylation sites (tertiary alicyclic amines) is 2. The van der Waals surface area contributed by atoms with E-state index in [0.717, 1.165) is 31.7 Å². The summed E-state index contributed by atoms with van der Waals surface area (Å²) in [6.45, 7) is 5.49. The van der Waals surface area contributed by atoms with E-state index in [0.29, 0.717) is 11.8 Å². The molecule has 0 radical (unpaired) electrons. The number of H-pyrrole nitrogens is 1. The summed E-state index contributed by atoms with van der Waals surface area (Å²) in [5.74, 6) is 1.21. The van der Waals surface area contributed by atoms with Gasteiger partial charge in [-0.2, -0.15) is 5.10 Å². The number of nitrogens with zero attached hydrogens (tertiary/aromatic N) is 3. The Morgan fingerprint density at radius 1 is 1.07 bits per heavy atom. The highest BCUT2D eigenvalue weighted by molar-refractivity contribution is 5.81. The Balaban J connectivity index is 1.38. The number of carbonyl (C=O) groups is 1. The van der Waals surface area contributed by atoms with Crippen LogP contribution in [0.1, 0.15) is 24.2 Å². The van der Waals surface area contributed by atoms with Crippen molar-refractivity contribution in [1.82, 2.24) is 20.0 Å². The van der Waals surface area contributed by atoms with Crippen molar-refractivity contribution in [3.05, 3.63) is 65.9 Å². The zero-order valence-corrected chi connectivity index (χ0v) is 15.5. The molecule has 3 aromatic rings. The number of carbonyl (C=O) groups excluding carboxylic acids is 1. The number of nitrogens with one attached hydrogen (secondary N) is 1. The van der Waals surface area contributed by atoms with Crippen molar-refractivity contribution in [2.24, 2.45) is 11.8 Å². The highest BCUT2D eigenvalue weighted by Crippen LogP contribution is 2.45. The van der Waals surface area contributed by atoms with Crippen molar-refractivity contribution in [3.63, 3.8) is 0 Å². The van der Waals surface area contributed by atoms with Gasteiger partial charge in [-0.1, -0.05) is 48.5 Å². The molecule has 3 heterocycles. The van der Waals surface area contributed by atoms with Gasteiger partial charge in [0.05, 0.1) is 17.3 Å². The smallest absolute Gasteiger partial charge is 0.219 e. The lowest BCUT2D eigenvalue weighted by molar-refractivity contribution is -0.130. The number of para-hydroxylation sites is 1. The first-order chi connectivity index (χ1) is 13.2. The van der Waals surface area contributed by atoms with Gasteiger partial charge in [0.2, 0.25) is 5.91 Å². The number of hydrogen-bond donors (Lipinski definition) is 1. The molecule has 2 aliphatic heterocycles. The normalized spacial score (nSPS) is 25.2. The Kier molecular flexibility index (Phi) is 3.97. The lowest BCUT2D eigenvalue weighted by Crippen LogP contribution is -2.34. The second kappa shape index (κ2) is 6.50. The molecule has 0 spiro atoms. The zero-order valence-electron chi connectivity index (χ0n) is 15.5. The molecule has 2 aliphatic rings. The molecule has 5 rings (SSSR count). The summed E-state index contributed by atoms with van der Waals surface area (Å²) in [5.41, 5.74) is 3.47. The Morgan fingerprint density at radius 2 is 1.85 bits per heavy atom. The van der Waals surface area contributed by atoms with E-state index >= 15 is 0 Å². The molecule has 0 bridgehead atoms. The molecule has 0 saturated carbocycles. The van der Waals surface area contributed by atoms with Crippen LogP contribution in [0.15, 0.2) is 54.6 Å². The molecule has 2 saturated heterocycles. The van der Waals surface area contributed by atoms with Gasteiger partial charge in [-0.15, -0.1) is 0 Å². The van der Waals surface area contributed by atoms with Crippen molar-refractivity contribution in [2.45, 2.75) is 19.5 Å². The second-order valence-corrected chi connectivity index (χ2v) is 7.86. The third-order valence-electron chi connectivity index (χ3n) is 6.21. The topological polar surface area (TPSA) is 52.2 Å². The summed E-state index contributed by atoms with van der Waals surface area (Å²) >= 11 is 0. The van der Waals surface area contributed by atoms with E-state index in [-0.39, 0.29) is 11.9 Å². The van der Waals surface area contributed by atoms with Gasteiger partial charge in [0, 0.05) is 44.4 Å². The third-order valence-corrected chi connectivity index (χ3v) is 6.21. The van der Waals surface area contributed by atoms with Crippen LogP contribution in [0.3, 0.4) is 0 Å². The average molecular weight is 360 g/mol. The SMILES string of the molecule is CC(=O)N1C[C@H]2CN(Cc3[nH]nc4ccccc34)C[C@H]2[C@@H]1c1ccccc1. The van der Waals surface area contributed by atoms with Gasteiger partial charge >= 0.3 is 0 Å². The van der Waals surface area contributed by atoms with Crippen LogP contribution in [0.25, 0.3) is 10.9 Å². The maximum Gasteiger partial charge on any atom is 0.219 e. The van der Waals surface area contributed by atoms with Crippen LogP contribution in [0.4, 0.5) is 0 Å². The standard InChI is InChI=1S/C22H24N4O/c1-15(27)26-12-17-11-25(13-19(17)22(26)16-7-3-2-4-8-16)14-21-18-9-5-6-10-20(18)23-24-21/h2-10,17,19,22H,11-14H2,1H3,(H,23,24)/t17-,19-,22+/m1/s1. The number of aromatic amines is 1. The summed E-state index contributed by atoms with van der Waals surface area (Å²) in [5, 5.41) is 8.85. The first-order valence-corrected chi connectivity index (χ1v) is 9.67. The van der Waals surface area contributed by atoms with Gasteiger partial charge in [0.25, 0.3) is 0 Å². The van der Waals surface area contributed by atoms with Crippen LogP contribution in [0.5, 0.6) is 0 Å². The molecule has 2 fully saturated rings. The molecular weight excluding hydrogens is 336 g/mol. The van der Waals surface area contributed by atoms with Crippen molar-refractivity contribution >= 4 is 16.8 Å². The minimum atomic E-state index is 0.185. The number of benzene rings is 2. The Bertz CT molecular complexity index is 967. The molecule has 1 aromatic heterocycles. The van der Waals surface area contributed by atoms with E-state index in [1.165, 1.54) is 16.6 Å². The van der Waals surface area contributed by atoms with Crippen LogP contribution >= 0.6 is 0 Å². The first kappa shape index (κ1) is 16.5. The maximum absolute atomic E-state index is 12.2. The molecule has 1 N–H and O–H groups in total.